The average molecular weight is 387 g/mol. The van der Waals surface area contributed by atoms with Crippen molar-refractivity contribution >= 4 is 15.7 Å². The lowest BCUT2D eigenvalue weighted by Crippen LogP contribution is -2.26. The molecule has 142 valence electrons. The number of rotatable bonds is 6. The third kappa shape index (κ3) is 3.66. The summed E-state index contributed by atoms with van der Waals surface area (Å²) < 4.78 is 38.0. The fourth-order valence-electron chi connectivity index (χ4n) is 2.53. The van der Waals surface area contributed by atoms with E-state index in [-0.39, 0.29) is 16.7 Å². The fraction of sp³-hybridized carbons (Fsp3) is 0.263. The van der Waals surface area contributed by atoms with Crippen LogP contribution in [-0.4, -0.2) is 32.7 Å². The Hall–Kier alpha value is -2.87. The van der Waals surface area contributed by atoms with Crippen LogP contribution in [-0.2, 0) is 10.0 Å². The van der Waals surface area contributed by atoms with E-state index in [0.717, 1.165) is 0 Å². The van der Waals surface area contributed by atoms with Crippen LogP contribution in [0.15, 0.2) is 57.9 Å². The highest BCUT2D eigenvalue weighted by molar-refractivity contribution is 7.92. The summed E-state index contributed by atoms with van der Waals surface area (Å²) in [4.78, 5) is 4.45. The van der Waals surface area contributed by atoms with Gasteiger partial charge in [-0.3, -0.25) is 4.31 Å². The van der Waals surface area contributed by atoms with Gasteiger partial charge in [0.15, 0.2) is 5.82 Å². The Labute approximate surface area is 158 Å². The van der Waals surface area contributed by atoms with Gasteiger partial charge >= 0.3 is 0 Å². The first kappa shape index (κ1) is 18.9. The SMILES string of the molecule is COc1ccc(S(=O)(=O)N(C)c2ccccc2)cc1-c1nc(C(C)C)no1. The molecule has 2 aromatic carbocycles. The molecule has 0 N–H and O–H groups in total. The molecule has 0 aliphatic carbocycles. The molecule has 0 atom stereocenters. The molecule has 1 heterocycles. The summed E-state index contributed by atoms with van der Waals surface area (Å²) in [5, 5.41) is 3.94. The number of hydrogen-bond donors (Lipinski definition) is 0. The Morgan fingerprint density at radius 1 is 1.11 bits per heavy atom. The molecule has 0 spiro atoms. The predicted octanol–water partition coefficient (Wildman–Crippen LogP) is 3.69. The van der Waals surface area contributed by atoms with Crippen LogP contribution in [0, 0.1) is 0 Å². The van der Waals surface area contributed by atoms with Gasteiger partial charge in [0.2, 0.25) is 0 Å². The molecule has 0 amide bonds. The molecular weight excluding hydrogens is 366 g/mol. The lowest BCUT2D eigenvalue weighted by molar-refractivity contribution is 0.401. The van der Waals surface area contributed by atoms with Gasteiger partial charge in [-0.2, -0.15) is 4.98 Å². The topological polar surface area (TPSA) is 85.5 Å². The monoisotopic (exact) mass is 387 g/mol. The minimum atomic E-state index is -3.77. The minimum absolute atomic E-state index is 0.0876. The van der Waals surface area contributed by atoms with Gasteiger partial charge in [-0.15, -0.1) is 0 Å². The quantitative estimate of drug-likeness (QED) is 0.641. The summed E-state index contributed by atoms with van der Waals surface area (Å²) in [6.45, 7) is 3.89. The van der Waals surface area contributed by atoms with Crippen molar-refractivity contribution in [3.63, 3.8) is 0 Å². The summed E-state index contributed by atoms with van der Waals surface area (Å²) in [5.41, 5.74) is 0.995. The maximum absolute atomic E-state index is 13.0. The molecule has 8 heteroatoms. The second-order valence-corrected chi connectivity index (χ2v) is 8.25. The van der Waals surface area contributed by atoms with E-state index in [1.165, 1.54) is 30.6 Å². The fourth-order valence-corrected chi connectivity index (χ4v) is 3.75. The predicted molar refractivity (Wildman–Crippen MR) is 102 cm³/mol. The molecular formula is C19H21N3O4S. The van der Waals surface area contributed by atoms with Crippen molar-refractivity contribution in [1.29, 1.82) is 0 Å². The highest BCUT2D eigenvalue weighted by Gasteiger charge is 2.24. The zero-order chi connectivity index (χ0) is 19.6. The summed E-state index contributed by atoms with van der Waals surface area (Å²) in [5.74, 6) is 1.30. The third-order valence-electron chi connectivity index (χ3n) is 4.14. The summed E-state index contributed by atoms with van der Waals surface area (Å²) >= 11 is 0. The van der Waals surface area contributed by atoms with E-state index in [9.17, 15) is 8.42 Å². The van der Waals surface area contributed by atoms with Crippen molar-refractivity contribution < 1.29 is 17.7 Å². The van der Waals surface area contributed by atoms with Crippen molar-refractivity contribution in [3.05, 3.63) is 54.4 Å². The second-order valence-electron chi connectivity index (χ2n) is 6.28. The molecule has 3 rings (SSSR count). The van der Waals surface area contributed by atoms with Gasteiger partial charge in [0.1, 0.15) is 5.75 Å². The minimum Gasteiger partial charge on any atom is -0.496 e. The number of hydrogen-bond acceptors (Lipinski definition) is 6. The number of nitrogens with zero attached hydrogens (tertiary/aromatic N) is 3. The van der Waals surface area contributed by atoms with Gasteiger partial charge in [-0.1, -0.05) is 37.2 Å². The molecule has 0 bridgehead atoms. The molecule has 0 fully saturated rings. The van der Waals surface area contributed by atoms with E-state index >= 15 is 0 Å². The van der Waals surface area contributed by atoms with Crippen LogP contribution in [0.5, 0.6) is 5.75 Å². The summed E-state index contributed by atoms with van der Waals surface area (Å²) in [6, 6.07) is 13.4. The van der Waals surface area contributed by atoms with Crippen molar-refractivity contribution in [3.8, 4) is 17.2 Å². The van der Waals surface area contributed by atoms with Crippen molar-refractivity contribution in [2.45, 2.75) is 24.7 Å². The van der Waals surface area contributed by atoms with Crippen LogP contribution >= 0.6 is 0 Å². The second kappa shape index (κ2) is 7.40. The van der Waals surface area contributed by atoms with Crippen LogP contribution in [0.25, 0.3) is 11.5 Å². The smallest absolute Gasteiger partial charge is 0.264 e. The number of methoxy groups -OCH3 is 1. The lowest BCUT2D eigenvalue weighted by Gasteiger charge is -2.20. The van der Waals surface area contributed by atoms with E-state index in [4.69, 9.17) is 9.26 Å². The average Bonchev–Trinajstić information content (AvgIpc) is 3.18. The van der Waals surface area contributed by atoms with Crippen molar-refractivity contribution in [2.75, 3.05) is 18.5 Å². The molecule has 0 aliphatic heterocycles. The van der Waals surface area contributed by atoms with Gasteiger partial charge in [0.25, 0.3) is 15.9 Å². The van der Waals surface area contributed by atoms with Crippen LogP contribution in [0.2, 0.25) is 0 Å². The summed E-state index contributed by atoms with van der Waals surface area (Å²) in [7, 11) is -0.754. The maximum atomic E-state index is 13.0. The Morgan fingerprint density at radius 2 is 1.81 bits per heavy atom. The van der Waals surface area contributed by atoms with Crippen LogP contribution in [0.4, 0.5) is 5.69 Å². The number of aromatic nitrogens is 2. The van der Waals surface area contributed by atoms with Gasteiger partial charge in [0.05, 0.1) is 23.3 Å². The molecule has 27 heavy (non-hydrogen) atoms. The molecule has 0 unspecified atom stereocenters. The maximum Gasteiger partial charge on any atom is 0.264 e. The van der Waals surface area contributed by atoms with E-state index in [1.807, 2.05) is 19.9 Å². The zero-order valence-corrected chi connectivity index (χ0v) is 16.4. The standard InChI is InChI=1S/C19H21N3O4S/c1-13(2)18-20-19(26-21-18)16-12-15(10-11-17(16)25-4)27(23,24)22(3)14-8-6-5-7-9-14/h5-13H,1-4H3. The van der Waals surface area contributed by atoms with E-state index < -0.39 is 10.0 Å². The largest absolute Gasteiger partial charge is 0.496 e. The normalized spacial score (nSPS) is 11.6. The number of benzene rings is 2. The highest BCUT2D eigenvalue weighted by Crippen LogP contribution is 2.33. The molecule has 0 radical (unpaired) electrons. The van der Waals surface area contributed by atoms with Crippen molar-refractivity contribution in [1.82, 2.24) is 10.1 Å². The number of para-hydroxylation sites is 1. The van der Waals surface area contributed by atoms with Gasteiger partial charge in [-0.05, 0) is 30.3 Å². The van der Waals surface area contributed by atoms with E-state index in [1.54, 1.807) is 30.3 Å². The highest BCUT2D eigenvalue weighted by atomic mass is 32.2. The van der Waals surface area contributed by atoms with Crippen LogP contribution in [0.3, 0.4) is 0 Å². The summed E-state index contributed by atoms with van der Waals surface area (Å²) in [6.07, 6.45) is 0. The van der Waals surface area contributed by atoms with E-state index in [0.29, 0.717) is 22.8 Å². The Morgan fingerprint density at radius 3 is 2.41 bits per heavy atom. The Bertz CT molecular complexity index is 1030. The van der Waals surface area contributed by atoms with Gasteiger partial charge < -0.3 is 9.26 Å². The van der Waals surface area contributed by atoms with Crippen molar-refractivity contribution in [2.24, 2.45) is 0 Å². The molecule has 3 aromatic rings. The first-order chi connectivity index (χ1) is 12.8. The van der Waals surface area contributed by atoms with E-state index in [2.05, 4.69) is 10.1 Å². The van der Waals surface area contributed by atoms with Gasteiger partial charge in [-0.25, -0.2) is 8.42 Å². The molecule has 0 saturated heterocycles. The number of anilines is 1. The lowest BCUT2D eigenvalue weighted by atomic mass is 10.2. The Kier molecular flexibility index (Phi) is 5.18. The molecule has 1 aromatic heterocycles. The van der Waals surface area contributed by atoms with Crippen LogP contribution in [0.1, 0.15) is 25.6 Å². The van der Waals surface area contributed by atoms with Gasteiger partial charge in [0, 0.05) is 13.0 Å². The zero-order valence-electron chi connectivity index (χ0n) is 15.6. The molecule has 0 aliphatic rings. The Balaban J connectivity index is 2.06. The molecule has 0 saturated carbocycles. The first-order valence-corrected chi connectivity index (χ1v) is 9.84. The number of sulfonamides is 1. The number of ether oxygens (including phenoxy) is 1. The van der Waals surface area contributed by atoms with Crippen LogP contribution < -0.4 is 9.04 Å². The first-order valence-electron chi connectivity index (χ1n) is 8.40. The third-order valence-corrected chi connectivity index (χ3v) is 5.92. The molecule has 7 nitrogen and oxygen atoms in total.